The number of carbonyl (C=O) groups excluding carboxylic acids is 1. The number of carbonyl (C=O) groups is 2. The fourth-order valence-electron chi connectivity index (χ4n) is 2.23. The van der Waals surface area contributed by atoms with Gasteiger partial charge in [0.2, 0.25) is 5.91 Å². The number of hydrogen-bond acceptors (Lipinski definition) is 3. The maximum Gasteiger partial charge on any atom is 0.323 e. The molecule has 1 aromatic carbocycles. The van der Waals surface area contributed by atoms with Crippen molar-refractivity contribution in [2.24, 2.45) is 0 Å². The summed E-state index contributed by atoms with van der Waals surface area (Å²) in [4.78, 5) is 25.4. The van der Waals surface area contributed by atoms with Crippen LogP contribution in [-0.4, -0.2) is 43.8 Å². The van der Waals surface area contributed by atoms with Crippen LogP contribution in [0.3, 0.4) is 0 Å². The molecule has 0 aliphatic carbocycles. The summed E-state index contributed by atoms with van der Waals surface area (Å²) >= 11 is 0. The molecule has 0 spiro atoms. The number of alkyl halides is 1. The number of anilines is 2. The van der Waals surface area contributed by atoms with Crippen molar-refractivity contribution < 1.29 is 19.1 Å². The van der Waals surface area contributed by atoms with Crippen LogP contribution in [0, 0.1) is 0 Å². The van der Waals surface area contributed by atoms with Crippen molar-refractivity contribution in [1.82, 2.24) is 0 Å². The second-order valence-corrected chi connectivity index (χ2v) is 4.47. The Morgan fingerprint density at radius 1 is 1.53 bits per heavy atom. The first kappa shape index (κ1) is 13.3. The average Bonchev–Trinajstić information content (AvgIpc) is 2.65. The summed E-state index contributed by atoms with van der Waals surface area (Å²) in [7, 11) is 1.67. The van der Waals surface area contributed by atoms with Crippen molar-refractivity contribution in [3.8, 4) is 0 Å². The summed E-state index contributed by atoms with van der Waals surface area (Å²) in [6.07, 6.45) is 0.240. The first-order valence-electron chi connectivity index (χ1n) is 5.95. The molecular formula is C13H15FN2O3. The van der Waals surface area contributed by atoms with Gasteiger partial charge in [0.1, 0.15) is 13.2 Å². The van der Waals surface area contributed by atoms with E-state index in [9.17, 15) is 14.0 Å². The Kier molecular flexibility index (Phi) is 3.69. The summed E-state index contributed by atoms with van der Waals surface area (Å²) in [6.45, 7) is -0.622. The molecule has 0 atom stereocenters. The Balaban J connectivity index is 2.24. The van der Waals surface area contributed by atoms with Gasteiger partial charge in [-0.05, 0) is 23.8 Å². The quantitative estimate of drug-likeness (QED) is 0.866. The molecule has 0 saturated carbocycles. The zero-order chi connectivity index (χ0) is 14.0. The van der Waals surface area contributed by atoms with E-state index in [-0.39, 0.29) is 25.4 Å². The molecule has 0 aromatic heterocycles. The van der Waals surface area contributed by atoms with Gasteiger partial charge in [-0.15, -0.1) is 0 Å². The van der Waals surface area contributed by atoms with E-state index >= 15 is 0 Å². The summed E-state index contributed by atoms with van der Waals surface area (Å²) in [6, 6.07) is 5.27. The van der Waals surface area contributed by atoms with Crippen molar-refractivity contribution in [3.05, 3.63) is 23.8 Å². The minimum absolute atomic E-state index is 0.0656. The predicted octanol–water partition coefficient (Wildman–Crippen LogP) is 1.07. The van der Waals surface area contributed by atoms with E-state index in [0.29, 0.717) is 0 Å². The highest BCUT2D eigenvalue weighted by Crippen LogP contribution is 2.31. The van der Waals surface area contributed by atoms with E-state index in [2.05, 4.69) is 0 Å². The largest absolute Gasteiger partial charge is 0.480 e. The molecule has 1 aliphatic heterocycles. The summed E-state index contributed by atoms with van der Waals surface area (Å²) in [5, 5.41) is 8.75. The molecule has 0 unspecified atom stereocenters. The monoisotopic (exact) mass is 266 g/mol. The van der Waals surface area contributed by atoms with Gasteiger partial charge >= 0.3 is 5.97 Å². The zero-order valence-electron chi connectivity index (χ0n) is 10.6. The van der Waals surface area contributed by atoms with E-state index in [0.717, 1.165) is 16.9 Å². The van der Waals surface area contributed by atoms with E-state index < -0.39 is 12.6 Å². The minimum atomic E-state index is -0.918. The summed E-state index contributed by atoms with van der Waals surface area (Å²) in [5.74, 6) is -1.04. The van der Waals surface area contributed by atoms with Gasteiger partial charge in [0.05, 0.1) is 13.0 Å². The molecule has 5 nitrogen and oxygen atoms in total. The number of carboxylic acid groups (broad SMARTS) is 1. The van der Waals surface area contributed by atoms with Gasteiger partial charge in [-0.3, -0.25) is 9.59 Å². The van der Waals surface area contributed by atoms with Crippen LogP contribution in [0.15, 0.2) is 18.2 Å². The van der Waals surface area contributed by atoms with E-state index in [4.69, 9.17) is 5.11 Å². The second-order valence-electron chi connectivity index (χ2n) is 4.47. The number of aliphatic carboxylic acids is 1. The lowest BCUT2D eigenvalue weighted by molar-refractivity contribution is -0.135. The SMILES string of the molecule is CN(CC(=O)O)c1ccc2c(c1)CC(=O)N2CCF. The Morgan fingerprint density at radius 2 is 2.26 bits per heavy atom. The molecule has 19 heavy (non-hydrogen) atoms. The number of fused-ring (bicyclic) bond motifs is 1. The molecule has 1 aromatic rings. The van der Waals surface area contributed by atoms with Crippen LogP contribution < -0.4 is 9.80 Å². The fourth-order valence-corrected chi connectivity index (χ4v) is 2.23. The normalized spacial score (nSPS) is 13.6. The molecule has 2 rings (SSSR count). The highest BCUT2D eigenvalue weighted by atomic mass is 19.1. The number of hydrogen-bond donors (Lipinski definition) is 1. The van der Waals surface area contributed by atoms with Crippen LogP contribution in [0.4, 0.5) is 15.8 Å². The second kappa shape index (κ2) is 5.26. The maximum atomic E-state index is 12.4. The predicted molar refractivity (Wildman–Crippen MR) is 69.4 cm³/mol. The third kappa shape index (κ3) is 2.67. The fraction of sp³-hybridized carbons (Fsp3) is 0.385. The number of halogens is 1. The summed E-state index contributed by atoms with van der Waals surface area (Å²) < 4.78 is 12.4. The smallest absolute Gasteiger partial charge is 0.323 e. The number of likely N-dealkylation sites (N-methyl/N-ethyl adjacent to an activating group) is 1. The number of rotatable bonds is 5. The Morgan fingerprint density at radius 3 is 2.89 bits per heavy atom. The Bertz CT molecular complexity index is 519. The van der Waals surface area contributed by atoms with Crippen LogP contribution in [0.25, 0.3) is 0 Å². The lowest BCUT2D eigenvalue weighted by Gasteiger charge is -2.19. The topological polar surface area (TPSA) is 60.9 Å². The van der Waals surface area contributed by atoms with E-state index in [1.165, 1.54) is 4.90 Å². The molecule has 6 heteroatoms. The lowest BCUT2D eigenvalue weighted by atomic mass is 10.1. The highest BCUT2D eigenvalue weighted by Gasteiger charge is 2.27. The number of carboxylic acids is 1. The van der Waals surface area contributed by atoms with E-state index in [1.807, 2.05) is 0 Å². The summed E-state index contributed by atoms with van der Waals surface area (Å²) in [5.41, 5.74) is 2.26. The zero-order valence-corrected chi connectivity index (χ0v) is 10.6. The first-order chi connectivity index (χ1) is 9.02. The van der Waals surface area contributed by atoms with Crippen LogP contribution in [0.5, 0.6) is 0 Å². The van der Waals surface area contributed by atoms with Crippen molar-refractivity contribution in [2.45, 2.75) is 6.42 Å². The van der Waals surface area contributed by atoms with Crippen molar-refractivity contribution in [2.75, 3.05) is 36.6 Å². The van der Waals surface area contributed by atoms with Crippen molar-refractivity contribution >= 4 is 23.3 Å². The van der Waals surface area contributed by atoms with Gasteiger partial charge in [0.25, 0.3) is 0 Å². The van der Waals surface area contributed by atoms with Gasteiger partial charge in [-0.25, -0.2) is 4.39 Å². The van der Waals surface area contributed by atoms with Crippen LogP contribution in [0.2, 0.25) is 0 Å². The molecule has 0 bridgehead atoms. The van der Waals surface area contributed by atoms with Gasteiger partial charge < -0.3 is 14.9 Å². The standard InChI is InChI=1S/C13H15FN2O3/c1-15(8-13(18)19)10-2-3-11-9(6-10)7-12(17)16(11)5-4-14/h2-3,6H,4-5,7-8H2,1H3,(H,18,19). The van der Waals surface area contributed by atoms with Gasteiger partial charge in [-0.2, -0.15) is 0 Å². The number of amides is 1. The number of nitrogens with zero attached hydrogens (tertiary/aromatic N) is 2. The molecular weight excluding hydrogens is 251 g/mol. The molecule has 0 radical (unpaired) electrons. The molecule has 1 N–H and O–H groups in total. The van der Waals surface area contributed by atoms with Crippen molar-refractivity contribution in [1.29, 1.82) is 0 Å². The molecule has 102 valence electrons. The van der Waals surface area contributed by atoms with E-state index in [1.54, 1.807) is 30.1 Å². The highest BCUT2D eigenvalue weighted by molar-refractivity contribution is 6.01. The Hall–Kier alpha value is -2.11. The third-order valence-electron chi connectivity index (χ3n) is 3.12. The minimum Gasteiger partial charge on any atom is -0.480 e. The van der Waals surface area contributed by atoms with Crippen LogP contribution in [0.1, 0.15) is 5.56 Å². The maximum absolute atomic E-state index is 12.4. The molecule has 0 fully saturated rings. The van der Waals surface area contributed by atoms with Gasteiger partial charge in [-0.1, -0.05) is 0 Å². The first-order valence-corrected chi connectivity index (χ1v) is 5.95. The molecule has 1 aliphatic rings. The number of benzene rings is 1. The van der Waals surface area contributed by atoms with Gasteiger partial charge in [0, 0.05) is 18.4 Å². The van der Waals surface area contributed by atoms with Crippen LogP contribution in [-0.2, 0) is 16.0 Å². The van der Waals surface area contributed by atoms with Gasteiger partial charge in [0.15, 0.2) is 0 Å². The molecule has 1 amide bonds. The average molecular weight is 266 g/mol. The molecule has 1 heterocycles. The lowest BCUT2D eigenvalue weighted by Crippen LogP contribution is -2.28. The molecule has 0 saturated heterocycles. The Labute approximate surface area is 110 Å². The van der Waals surface area contributed by atoms with Crippen LogP contribution >= 0.6 is 0 Å². The van der Waals surface area contributed by atoms with Crippen molar-refractivity contribution in [3.63, 3.8) is 0 Å². The third-order valence-corrected chi connectivity index (χ3v) is 3.12.